The molecule has 0 bridgehead atoms. The van der Waals surface area contributed by atoms with Gasteiger partial charge in [0.15, 0.2) is 0 Å². The Morgan fingerprint density at radius 1 is 1.56 bits per heavy atom. The summed E-state index contributed by atoms with van der Waals surface area (Å²) >= 11 is 1.56. The van der Waals surface area contributed by atoms with Crippen molar-refractivity contribution in [2.45, 2.75) is 51.0 Å². The van der Waals surface area contributed by atoms with E-state index in [2.05, 4.69) is 11.9 Å². The summed E-state index contributed by atoms with van der Waals surface area (Å²) in [7, 11) is 0. The lowest BCUT2D eigenvalue weighted by Crippen LogP contribution is -2.21. The molecule has 2 rings (SSSR count). The summed E-state index contributed by atoms with van der Waals surface area (Å²) in [5, 5.41) is 11.7. The standard InChI is InChI=1S/C13H20N2O2S/c1-2-8-3-5-9(6-4-8)12-15-10(7-18-12)11(14)13(16)17/h7-9,11H,2-6,14H2,1H3,(H,16,17). The number of nitrogens with zero attached hydrogens (tertiary/aromatic N) is 1. The predicted octanol–water partition coefficient (Wildman–Crippen LogP) is 2.91. The van der Waals surface area contributed by atoms with Gasteiger partial charge in [-0.15, -0.1) is 11.3 Å². The molecular weight excluding hydrogens is 248 g/mol. The van der Waals surface area contributed by atoms with Crippen LogP contribution in [0.3, 0.4) is 0 Å². The molecule has 5 heteroatoms. The summed E-state index contributed by atoms with van der Waals surface area (Å²) in [5.41, 5.74) is 6.07. The van der Waals surface area contributed by atoms with Gasteiger partial charge in [0.1, 0.15) is 6.04 Å². The van der Waals surface area contributed by atoms with Crippen molar-refractivity contribution in [3.05, 3.63) is 16.1 Å². The largest absolute Gasteiger partial charge is 0.480 e. The smallest absolute Gasteiger partial charge is 0.326 e. The van der Waals surface area contributed by atoms with Gasteiger partial charge >= 0.3 is 5.97 Å². The van der Waals surface area contributed by atoms with Gasteiger partial charge in [0.25, 0.3) is 0 Å². The first-order valence-electron chi connectivity index (χ1n) is 6.55. The van der Waals surface area contributed by atoms with Crippen LogP contribution >= 0.6 is 11.3 Å². The van der Waals surface area contributed by atoms with Crippen molar-refractivity contribution in [1.82, 2.24) is 4.98 Å². The van der Waals surface area contributed by atoms with Crippen molar-refractivity contribution in [3.63, 3.8) is 0 Å². The third-order valence-corrected chi connectivity index (χ3v) is 4.92. The maximum Gasteiger partial charge on any atom is 0.326 e. The van der Waals surface area contributed by atoms with Crippen molar-refractivity contribution < 1.29 is 9.90 Å². The number of thiazole rings is 1. The number of hydrogen-bond acceptors (Lipinski definition) is 4. The van der Waals surface area contributed by atoms with Gasteiger partial charge in [0.2, 0.25) is 0 Å². The molecule has 1 aromatic rings. The van der Waals surface area contributed by atoms with Crippen LogP contribution in [0.15, 0.2) is 5.38 Å². The Bertz CT molecular complexity index is 411. The highest BCUT2D eigenvalue weighted by molar-refractivity contribution is 7.09. The molecule has 1 fully saturated rings. The summed E-state index contributed by atoms with van der Waals surface area (Å²) < 4.78 is 0. The minimum absolute atomic E-state index is 0.500. The van der Waals surface area contributed by atoms with E-state index in [4.69, 9.17) is 10.8 Å². The van der Waals surface area contributed by atoms with Crippen molar-refractivity contribution in [3.8, 4) is 0 Å². The number of hydrogen-bond donors (Lipinski definition) is 2. The number of carboxylic acids is 1. The molecule has 0 radical (unpaired) electrons. The SMILES string of the molecule is CCC1CCC(c2nc(C(N)C(=O)O)cs2)CC1. The van der Waals surface area contributed by atoms with Gasteiger partial charge in [-0.05, 0) is 31.6 Å². The molecule has 0 amide bonds. The van der Waals surface area contributed by atoms with Gasteiger partial charge in [0, 0.05) is 11.3 Å². The van der Waals surface area contributed by atoms with Gasteiger partial charge in [-0.2, -0.15) is 0 Å². The number of aliphatic carboxylic acids is 1. The molecule has 1 unspecified atom stereocenters. The van der Waals surface area contributed by atoms with E-state index in [-0.39, 0.29) is 0 Å². The van der Waals surface area contributed by atoms with Crippen LogP contribution in [0.4, 0.5) is 0 Å². The zero-order chi connectivity index (χ0) is 13.1. The molecule has 0 aromatic carbocycles. The average Bonchev–Trinajstić information content (AvgIpc) is 2.87. The summed E-state index contributed by atoms with van der Waals surface area (Å²) in [6, 6.07) is -0.984. The monoisotopic (exact) mass is 268 g/mol. The minimum atomic E-state index is -1.01. The predicted molar refractivity (Wildman–Crippen MR) is 71.7 cm³/mol. The molecule has 1 saturated carbocycles. The second-order valence-electron chi connectivity index (χ2n) is 5.05. The average molecular weight is 268 g/mol. The second-order valence-corrected chi connectivity index (χ2v) is 5.94. The van der Waals surface area contributed by atoms with E-state index in [1.54, 1.807) is 16.7 Å². The Labute approximate surface area is 111 Å². The van der Waals surface area contributed by atoms with Crippen LogP contribution in [0, 0.1) is 5.92 Å². The Hall–Kier alpha value is -0.940. The van der Waals surface area contributed by atoms with Crippen LogP contribution in [0.2, 0.25) is 0 Å². The molecule has 0 saturated heterocycles. The normalized spacial score (nSPS) is 25.9. The van der Waals surface area contributed by atoms with Crippen LogP contribution < -0.4 is 5.73 Å². The molecular formula is C13H20N2O2S. The fourth-order valence-electron chi connectivity index (χ4n) is 2.58. The van der Waals surface area contributed by atoms with Gasteiger partial charge in [-0.1, -0.05) is 13.3 Å². The van der Waals surface area contributed by atoms with E-state index in [9.17, 15) is 4.79 Å². The number of rotatable bonds is 4. The van der Waals surface area contributed by atoms with Gasteiger partial charge in [-0.3, -0.25) is 4.79 Å². The zero-order valence-electron chi connectivity index (χ0n) is 10.6. The molecule has 18 heavy (non-hydrogen) atoms. The summed E-state index contributed by atoms with van der Waals surface area (Å²) in [4.78, 5) is 15.2. The molecule has 1 aliphatic carbocycles. The lowest BCUT2D eigenvalue weighted by Gasteiger charge is -2.26. The van der Waals surface area contributed by atoms with E-state index in [0.717, 1.165) is 10.9 Å². The van der Waals surface area contributed by atoms with Crippen molar-refractivity contribution in [1.29, 1.82) is 0 Å². The number of carbonyl (C=O) groups is 1. The Morgan fingerprint density at radius 3 is 2.78 bits per heavy atom. The number of aromatic nitrogens is 1. The van der Waals surface area contributed by atoms with Crippen LogP contribution in [0.5, 0.6) is 0 Å². The first kappa shape index (κ1) is 13.5. The lowest BCUT2D eigenvalue weighted by molar-refractivity contribution is -0.138. The maximum atomic E-state index is 10.8. The highest BCUT2D eigenvalue weighted by atomic mass is 32.1. The molecule has 0 spiro atoms. The van der Waals surface area contributed by atoms with Crippen molar-refractivity contribution >= 4 is 17.3 Å². The number of carboxylic acid groups (broad SMARTS) is 1. The maximum absolute atomic E-state index is 10.8. The van der Waals surface area contributed by atoms with E-state index >= 15 is 0 Å². The fourth-order valence-corrected chi connectivity index (χ4v) is 3.60. The third kappa shape index (κ3) is 2.90. The van der Waals surface area contributed by atoms with E-state index in [1.165, 1.54) is 32.1 Å². The van der Waals surface area contributed by atoms with Crippen molar-refractivity contribution in [2.24, 2.45) is 11.7 Å². The highest BCUT2D eigenvalue weighted by Crippen LogP contribution is 2.38. The van der Waals surface area contributed by atoms with E-state index < -0.39 is 12.0 Å². The van der Waals surface area contributed by atoms with Gasteiger partial charge < -0.3 is 10.8 Å². The third-order valence-electron chi connectivity index (χ3n) is 3.90. The fraction of sp³-hybridized carbons (Fsp3) is 0.692. The van der Waals surface area contributed by atoms with E-state index in [0.29, 0.717) is 11.6 Å². The molecule has 1 atom stereocenters. The van der Waals surface area contributed by atoms with Gasteiger partial charge in [0.05, 0.1) is 10.7 Å². The Morgan fingerprint density at radius 2 is 2.22 bits per heavy atom. The van der Waals surface area contributed by atoms with Crippen LogP contribution in [-0.2, 0) is 4.79 Å². The number of nitrogens with two attached hydrogens (primary N) is 1. The Kier molecular flexibility index (Phi) is 4.35. The highest BCUT2D eigenvalue weighted by Gasteiger charge is 2.25. The van der Waals surface area contributed by atoms with Crippen molar-refractivity contribution in [2.75, 3.05) is 0 Å². The van der Waals surface area contributed by atoms with Gasteiger partial charge in [-0.25, -0.2) is 4.98 Å². The zero-order valence-corrected chi connectivity index (χ0v) is 11.4. The molecule has 3 N–H and O–H groups in total. The molecule has 4 nitrogen and oxygen atoms in total. The van der Waals surface area contributed by atoms with Crippen LogP contribution in [-0.4, -0.2) is 16.1 Å². The summed E-state index contributed by atoms with van der Waals surface area (Å²) in [5.74, 6) is 0.357. The molecule has 1 heterocycles. The molecule has 100 valence electrons. The second kappa shape index (κ2) is 5.80. The first-order valence-corrected chi connectivity index (χ1v) is 7.43. The molecule has 1 aliphatic rings. The first-order chi connectivity index (χ1) is 8.61. The summed E-state index contributed by atoms with van der Waals surface area (Å²) in [6.07, 6.45) is 6.14. The topological polar surface area (TPSA) is 76.2 Å². The summed E-state index contributed by atoms with van der Waals surface area (Å²) in [6.45, 7) is 2.25. The van der Waals surface area contributed by atoms with Crippen LogP contribution in [0.25, 0.3) is 0 Å². The van der Waals surface area contributed by atoms with E-state index in [1.807, 2.05) is 0 Å². The quantitative estimate of drug-likeness (QED) is 0.880. The molecule has 0 aliphatic heterocycles. The lowest BCUT2D eigenvalue weighted by atomic mass is 9.81. The molecule has 1 aromatic heterocycles. The van der Waals surface area contributed by atoms with Crippen LogP contribution in [0.1, 0.15) is 61.7 Å². The Balaban J connectivity index is 2.00. The minimum Gasteiger partial charge on any atom is -0.480 e.